The lowest BCUT2D eigenvalue weighted by Gasteiger charge is -2.34. The van der Waals surface area contributed by atoms with Gasteiger partial charge in [-0.1, -0.05) is 13.3 Å². The van der Waals surface area contributed by atoms with Gasteiger partial charge >= 0.3 is 0 Å². The van der Waals surface area contributed by atoms with Gasteiger partial charge in [-0.05, 0) is 66.2 Å². The van der Waals surface area contributed by atoms with Gasteiger partial charge in [0.1, 0.15) is 5.75 Å². The van der Waals surface area contributed by atoms with Crippen LogP contribution >= 0.6 is 12.2 Å². The number of tetrazole rings is 1. The van der Waals surface area contributed by atoms with E-state index in [1.807, 2.05) is 28.9 Å². The molecule has 1 saturated heterocycles. The number of nitrogens with zero attached hydrogens (tertiary/aromatic N) is 5. The Morgan fingerprint density at radius 1 is 1.22 bits per heavy atom. The molecule has 0 bridgehead atoms. The Morgan fingerprint density at radius 2 is 2.00 bits per heavy atom. The summed E-state index contributed by atoms with van der Waals surface area (Å²) in [6, 6.07) is 8.28. The Morgan fingerprint density at radius 3 is 2.70 bits per heavy atom. The summed E-state index contributed by atoms with van der Waals surface area (Å²) in [6.45, 7) is 4.07. The van der Waals surface area contributed by atoms with Crippen LogP contribution in [-0.4, -0.2) is 44.4 Å². The monoisotopic (exact) mass is 333 g/mol. The largest absolute Gasteiger partial charge is 0.497 e. The predicted octanol–water partition coefficient (Wildman–Crippen LogP) is 3.03. The van der Waals surface area contributed by atoms with E-state index in [-0.39, 0.29) is 0 Å². The quantitative estimate of drug-likeness (QED) is 0.787. The predicted molar refractivity (Wildman–Crippen MR) is 91.4 cm³/mol. The molecular weight excluding hydrogens is 310 g/mol. The second kappa shape index (κ2) is 7.23. The van der Waals surface area contributed by atoms with Gasteiger partial charge in [0.25, 0.3) is 0 Å². The van der Waals surface area contributed by atoms with Crippen molar-refractivity contribution < 1.29 is 4.74 Å². The maximum absolute atomic E-state index is 5.55. The number of hydrogen-bond donors (Lipinski definition) is 0. The fraction of sp³-hybridized carbons (Fsp3) is 0.562. The zero-order chi connectivity index (χ0) is 16.2. The highest BCUT2D eigenvalue weighted by Crippen LogP contribution is 2.20. The summed E-state index contributed by atoms with van der Waals surface area (Å²) in [5.41, 5.74) is 0.896. The normalized spacial score (nSPS) is 19.0. The van der Waals surface area contributed by atoms with Gasteiger partial charge in [-0.3, -0.25) is 4.90 Å². The Hall–Kier alpha value is -1.73. The van der Waals surface area contributed by atoms with Gasteiger partial charge < -0.3 is 4.74 Å². The molecule has 1 aliphatic rings. The minimum atomic E-state index is 0.621. The molecule has 1 aromatic heterocycles. The lowest BCUT2D eigenvalue weighted by Crippen LogP contribution is -2.40. The molecule has 124 valence electrons. The van der Waals surface area contributed by atoms with Crippen LogP contribution in [0.25, 0.3) is 5.69 Å². The summed E-state index contributed by atoms with van der Waals surface area (Å²) >= 11 is 5.55. The van der Waals surface area contributed by atoms with Crippen molar-refractivity contribution in [3.63, 3.8) is 0 Å². The molecule has 0 spiro atoms. The molecule has 3 rings (SSSR count). The molecule has 0 N–H and O–H groups in total. The van der Waals surface area contributed by atoms with E-state index in [9.17, 15) is 0 Å². The number of hydrogen-bond acceptors (Lipinski definition) is 5. The SMILES string of the molecule is CC[C@H]1CCCCN1Cn1nnn(-c2ccc(OC)cc2)c1=S. The van der Waals surface area contributed by atoms with Gasteiger partial charge in [-0.15, -0.1) is 0 Å². The highest BCUT2D eigenvalue weighted by atomic mass is 32.1. The molecule has 2 aromatic rings. The second-order valence-corrected chi connectivity index (χ2v) is 6.25. The van der Waals surface area contributed by atoms with Crippen LogP contribution in [-0.2, 0) is 6.67 Å². The zero-order valence-corrected chi connectivity index (χ0v) is 14.5. The Labute approximate surface area is 141 Å². The van der Waals surface area contributed by atoms with Crippen molar-refractivity contribution in [1.82, 2.24) is 24.7 Å². The van der Waals surface area contributed by atoms with E-state index in [2.05, 4.69) is 22.3 Å². The first kappa shape index (κ1) is 16.1. The number of likely N-dealkylation sites (tertiary alicyclic amines) is 1. The van der Waals surface area contributed by atoms with E-state index in [0.29, 0.717) is 17.5 Å². The lowest BCUT2D eigenvalue weighted by molar-refractivity contribution is 0.0996. The third-order valence-corrected chi connectivity index (χ3v) is 4.88. The summed E-state index contributed by atoms with van der Waals surface area (Å²) in [7, 11) is 1.65. The second-order valence-electron chi connectivity index (χ2n) is 5.88. The standard InChI is InChI=1S/C16H23N5OS/c1-3-13-6-4-5-11-19(13)12-20-16(23)21(18-17-20)14-7-9-15(22-2)10-8-14/h7-10,13H,3-6,11-12H2,1-2H3/t13-/m0/s1. The first-order valence-corrected chi connectivity index (χ1v) is 8.55. The fourth-order valence-corrected chi connectivity index (χ4v) is 3.37. The number of piperidine rings is 1. The minimum absolute atomic E-state index is 0.621. The molecule has 1 aromatic carbocycles. The number of aromatic nitrogens is 4. The highest BCUT2D eigenvalue weighted by Gasteiger charge is 2.21. The summed E-state index contributed by atoms with van der Waals surface area (Å²) < 4.78 is 9.31. The van der Waals surface area contributed by atoms with E-state index in [1.165, 1.54) is 25.7 Å². The van der Waals surface area contributed by atoms with Crippen LogP contribution in [0.1, 0.15) is 32.6 Å². The topological polar surface area (TPSA) is 48.1 Å². The van der Waals surface area contributed by atoms with Crippen LogP contribution in [0.3, 0.4) is 0 Å². The summed E-state index contributed by atoms with van der Waals surface area (Å²) in [6.07, 6.45) is 4.99. The molecule has 2 heterocycles. The van der Waals surface area contributed by atoms with Crippen LogP contribution in [0.5, 0.6) is 5.75 Å². The molecule has 7 heteroatoms. The van der Waals surface area contributed by atoms with Gasteiger partial charge in [0.2, 0.25) is 4.77 Å². The van der Waals surface area contributed by atoms with Crippen molar-refractivity contribution >= 4 is 12.2 Å². The molecule has 1 atom stereocenters. The highest BCUT2D eigenvalue weighted by molar-refractivity contribution is 7.71. The van der Waals surface area contributed by atoms with Crippen molar-refractivity contribution in [1.29, 1.82) is 0 Å². The average Bonchev–Trinajstić information content (AvgIpc) is 2.96. The molecule has 0 amide bonds. The van der Waals surface area contributed by atoms with E-state index in [0.717, 1.165) is 18.0 Å². The fourth-order valence-electron chi connectivity index (χ4n) is 3.13. The van der Waals surface area contributed by atoms with Crippen LogP contribution in [0, 0.1) is 4.77 Å². The average molecular weight is 333 g/mol. The van der Waals surface area contributed by atoms with Crippen LogP contribution in [0.4, 0.5) is 0 Å². The van der Waals surface area contributed by atoms with Gasteiger partial charge in [0, 0.05) is 12.6 Å². The molecule has 0 unspecified atom stereocenters. The van der Waals surface area contributed by atoms with E-state index in [4.69, 9.17) is 17.0 Å². The number of methoxy groups -OCH3 is 1. The molecule has 6 nitrogen and oxygen atoms in total. The number of ether oxygens (including phenoxy) is 1. The van der Waals surface area contributed by atoms with E-state index in [1.54, 1.807) is 11.8 Å². The first-order chi connectivity index (χ1) is 11.2. The Bertz CT molecular complexity index is 693. The molecule has 1 fully saturated rings. The van der Waals surface area contributed by atoms with Gasteiger partial charge in [0.15, 0.2) is 0 Å². The molecule has 0 radical (unpaired) electrons. The summed E-state index contributed by atoms with van der Waals surface area (Å²) in [5.74, 6) is 0.812. The number of rotatable bonds is 5. The van der Waals surface area contributed by atoms with Crippen LogP contribution in [0.15, 0.2) is 24.3 Å². The van der Waals surface area contributed by atoms with Crippen molar-refractivity contribution in [3.05, 3.63) is 29.0 Å². The Kier molecular flexibility index (Phi) is 5.07. The smallest absolute Gasteiger partial charge is 0.221 e. The molecular formula is C16H23N5OS. The van der Waals surface area contributed by atoms with Crippen molar-refractivity contribution in [2.24, 2.45) is 0 Å². The first-order valence-electron chi connectivity index (χ1n) is 8.14. The van der Waals surface area contributed by atoms with Gasteiger partial charge in [0.05, 0.1) is 19.5 Å². The van der Waals surface area contributed by atoms with E-state index < -0.39 is 0 Å². The Balaban J connectivity index is 1.79. The maximum atomic E-state index is 5.55. The van der Waals surface area contributed by atoms with Crippen molar-refractivity contribution in [3.8, 4) is 11.4 Å². The molecule has 0 saturated carbocycles. The summed E-state index contributed by atoms with van der Waals surface area (Å²) in [4.78, 5) is 2.46. The molecule has 1 aliphatic heterocycles. The van der Waals surface area contributed by atoms with E-state index >= 15 is 0 Å². The minimum Gasteiger partial charge on any atom is -0.497 e. The molecule has 23 heavy (non-hydrogen) atoms. The van der Waals surface area contributed by atoms with Crippen molar-refractivity contribution in [2.45, 2.75) is 45.3 Å². The van der Waals surface area contributed by atoms with Gasteiger partial charge in [-0.25, -0.2) is 4.68 Å². The lowest BCUT2D eigenvalue weighted by atomic mass is 10.0. The van der Waals surface area contributed by atoms with Crippen LogP contribution in [0.2, 0.25) is 0 Å². The zero-order valence-electron chi connectivity index (χ0n) is 13.7. The van der Waals surface area contributed by atoms with Crippen molar-refractivity contribution in [2.75, 3.05) is 13.7 Å². The maximum Gasteiger partial charge on any atom is 0.221 e. The number of benzene rings is 1. The molecule has 0 aliphatic carbocycles. The third kappa shape index (κ3) is 3.45. The van der Waals surface area contributed by atoms with Crippen LogP contribution < -0.4 is 4.74 Å². The van der Waals surface area contributed by atoms with Gasteiger partial charge in [-0.2, -0.15) is 4.68 Å². The third-order valence-electron chi connectivity index (χ3n) is 4.49. The summed E-state index contributed by atoms with van der Waals surface area (Å²) in [5, 5.41) is 8.47.